The van der Waals surface area contributed by atoms with Crippen molar-refractivity contribution in [3.63, 3.8) is 0 Å². The second-order valence-corrected chi connectivity index (χ2v) is 7.87. The summed E-state index contributed by atoms with van der Waals surface area (Å²) >= 11 is 0. The second-order valence-electron chi connectivity index (χ2n) is 6.12. The van der Waals surface area contributed by atoms with E-state index in [1.54, 1.807) is 18.2 Å². The fourth-order valence-corrected chi connectivity index (χ4v) is 2.99. The fourth-order valence-electron chi connectivity index (χ4n) is 2.47. The third-order valence-corrected chi connectivity index (χ3v) is 4.24. The molecule has 0 unspecified atom stereocenters. The standard InChI is InChI=1S/C18H18FN7O4S/c1-30-25-18(27)11-10-21-16(24-15-7-3-6-14(19)23-15)9-13(11)22-12-5-4-8-20-17(12)26-31(2,28)29/h3-10H,1-2H3,(H,20,26)(H,25,27)(H2,21,22,23,24). The molecule has 3 aromatic rings. The first-order valence-corrected chi connectivity index (χ1v) is 10.6. The molecule has 3 heterocycles. The highest BCUT2D eigenvalue weighted by molar-refractivity contribution is 7.92. The molecule has 11 nitrogen and oxygen atoms in total. The molecule has 3 aromatic heterocycles. The van der Waals surface area contributed by atoms with E-state index in [1.807, 2.05) is 0 Å². The van der Waals surface area contributed by atoms with E-state index in [9.17, 15) is 17.6 Å². The molecular weight excluding hydrogens is 429 g/mol. The van der Waals surface area contributed by atoms with Crippen molar-refractivity contribution < 1.29 is 22.4 Å². The molecule has 31 heavy (non-hydrogen) atoms. The molecule has 0 aromatic carbocycles. The SMILES string of the molecule is CONC(=O)c1cnc(Nc2cccc(F)n2)cc1Nc1cccnc1NS(C)(=O)=O. The Morgan fingerprint density at radius 1 is 1.06 bits per heavy atom. The van der Waals surface area contributed by atoms with Gasteiger partial charge in [0.15, 0.2) is 5.82 Å². The van der Waals surface area contributed by atoms with E-state index < -0.39 is 21.9 Å². The Morgan fingerprint density at radius 3 is 2.58 bits per heavy atom. The number of anilines is 5. The van der Waals surface area contributed by atoms with Crippen LogP contribution in [0.2, 0.25) is 0 Å². The smallest absolute Gasteiger partial charge is 0.278 e. The number of amides is 1. The largest absolute Gasteiger partial charge is 0.352 e. The number of rotatable bonds is 8. The normalized spacial score (nSPS) is 10.9. The highest BCUT2D eigenvalue weighted by Gasteiger charge is 2.16. The van der Waals surface area contributed by atoms with Gasteiger partial charge >= 0.3 is 0 Å². The van der Waals surface area contributed by atoms with Gasteiger partial charge in [0.25, 0.3) is 5.91 Å². The molecule has 162 valence electrons. The lowest BCUT2D eigenvalue weighted by Gasteiger charge is -2.15. The zero-order valence-electron chi connectivity index (χ0n) is 16.4. The molecule has 0 aliphatic rings. The molecule has 0 saturated heterocycles. The van der Waals surface area contributed by atoms with Crippen molar-refractivity contribution in [3.05, 3.63) is 60.3 Å². The van der Waals surface area contributed by atoms with E-state index >= 15 is 0 Å². The second kappa shape index (κ2) is 9.32. The van der Waals surface area contributed by atoms with Gasteiger partial charge in [-0.2, -0.15) is 4.39 Å². The minimum atomic E-state index is -3.60. The number of nitrogens with zero attached hydrogens (tertiary/aromatic N) is 3. The first kappa shape index (κ1) is 21.9. The topological polar surface area (TPSA) is 147 Å². The van der Waals surface area contributed by atoms with Crippen LogP contribution in [0.1, 0.15) is 10.4 Å². The summed E-state index contributed by atoms with van der Waals surface area (Å²) in [4.78, 5) is 28.9. The molecule has 4 N–H and O–H groups in total. The highest BCUT2D eigenvalue weighted by Crippen LogP contribution is 2.28. The van der Waals surface area contributed by atoms with Crippen molar-refractivity contribution in [1.29, 1.82) is 0 Å². The number of carbonyl (C=O) groups is 1. The average Bonchev–Trinajstić information content (AvgIpc) is 2.69. The number of carbonyl (C=O) groups excluding carboxylic acids is 1. The molecule has 0 spiro atoms. The van der Waals surface area contributed by atoms with Gasteiger partial charge in [-0.1, -0.05) is 6.07 Å². The molecule has 3 rings (SSSR count). The number of halogens is 1. The molecule has 0 saturated carbocycles. The summed E-state index contributed by atoms with van der Waals surface area (Å²) in [6.07, 6.45) is 3.66. The summed E-state index contributed by atoms with van der Waals surface area (Å²) in [5.74, 6) is -0.800. The quantitative estimate of drug-likeness (QED) is 0.301. The van der Waals surface area contributed by atoms with Crippen LogP contribution in [0, 0.1) is 5.95 Å². The maximum atomic E-state index is 13.4. The van der Waals surface area contributed by atoms with Crippen molar-refractivity contribution in [3.8, 4) is 0 Å². The number of hydrogen-bond donors (Lipinski definition) is 4. The van der Waals surface area contributed by atoms with Gasteiger partial charge in [0.1, 0.15) is 11.6 Å². The monoisotopic (exact) mass is 447 g/mol. The molecule has 0 fully saturated rings. The Hall–Kier alpha value is -3.84. The van der Waals surface area contributed by atoms with Crippen LogP contribution in [-0.2, 0) is 14.9 Å². The summed E-state index contributed by atoms with van der Waals surface area (Å²) in [5, 5.41) is 5.79. The lowest BCUT2D eigenvalue weighted by molar-refractivity contribution is 0.0538. The minimum absolute atomic E-state index is 0.0289. The molecule has 0 aliphatic carbocycles. The zero-order valence-corrected chi connectivity index (χ0v) is 17.2. The number of sulfonamides is 1. The average molecular weight is 447 g/mol. The summed E-state index contributed by atoms with van der Waals surface area (Å²) in [5.41, 5.74) is 2.80. The molecule has 13 heteroatoms. The molecule has 0 aliphatic heterocycles. The van der Waals surface area contributed by atoms with E-state index in [0.29, 0.717) is 0 Å². The van der Waals surface area contributed by atoms with E-state index in [-0.39, 0.29) is 34.4 Å². The Bertz CT molecular complexity index is 1210. The van der Waals surface area contributed by atoms with Gasteiger partial charge in [-0.05, 0) is 24.3 Å². The zero-order chi connectivity index (χ0) is 22.4. The van der Waals surface area contributed by atoms with Crippen molar-refractivity contribution in [1.82, 2.24) is 20.4 Å². The lowest BCUT2D eigenvalue weighted by Crippen LogP contribution is -2.23. The summed E-state index contributed by atoms with van der Waals surface area (Å²) < 4.78 is 38.9. The fraction of sp³-hybridized carbons (Fsp3) is 0.111. The predicted octanol–water partition coefficient (Wildman–Crippen LogP) is 2.16. The van der Waals surface area contributed by atoms with Gasteiger partial charge in [0.05, 0.1) is 30.3 Å². The van der Waals surface area contributed by atoms with Gasteiger partial charge in [0.2, 0.25) is 16.0 Å². The van der Waals surface area contributed by atoms with Crippen LogP contribution < -0.4 is 20.8 Å². The van der Waals surface area contributed by atoms with Crippen LogP contribution in [0.4, 0.5) is 33.2 Å². The summed E-state index contributed by atoms with van der Waals surface area (Å²) in [7, 11) is -2.32. The number of pyridine rings is 3. The first-order valence-electron chi connectivity index (χ1n) is 8.68. The van der Waals surface area contributed by atoms with E-state index in [0.717, 1.165) is 6.26 Å². The number of hydroxylamine groups is 1. The number of aromatic nitrogens is 3. The third kappa shape index (κ3) is 6.07. The molecule has 0 bridgehead atoms. The van der Waals surface area contributed by atoms with E-state index in [4.69, 9.17) is 0 Å². The van der Waals surface area contributed by atoms with Crippen LogP contribution in [0.5, 0.6) is 0 Å². The third-order valence-electron chi connectivity index (χ3n) is 3.67. The van der Waals surface area contributed by atoms with Crippen molar-refractivity contribution in [2.45, 2.75) is 0 Å². The Kier molecular flexibility index (Phi) is 6.57. The van der Waals surface area contributed by atoms with E-state index in [1.165, 1.54) is 37.7 Å². The molecular formula is C18H18FN7O4S. The molecule has 1 amide bonds. The molecule has 0 radical (unpaired) electrons. The maximum Gasteiger partial charge on any atom is 0.278 e. The van der Waals surface area contributed by atoms with Crippen LogP contribution in [0.15, 0.2) is 48.8 Å². The van der Waals surface area contributed by atoms with Gasteiger partial charge < -0.3 is 10.6 Å². The minimum Gasteiger partial charge on any atom is -0.352 e. The Morgan fingerprint density at radius 2 is 1.87 bits per heavy atom. The summed E-state index contributed by atoms with van der Waals surface area (Å²) in [6.45, 7) is 0. The van der Waals surface area contributed by atoms with Crippen LogP contribution >= 0.6 is 0 Å². The highest BCUT2D eigenvalue weighted by atomic mass is 32.2. The van der Waals surface area contributed by atoms with Crippen LogP contribution in [0.25, 0.3) is 0 Å². The van der Waals surface area contributed by atoms with Gasteiger partial charge in [-0.15, -0.1) is 0 Å². The number of nitrogens with one attached hydrogen (secondary N) is 4. The van der Waals surface area contributed by atoms with Gasteiger partial charge in [-0.3, -0.25) is 14.4 Å². The molecule has 0 atom stereocenters. The van der Waals surface area contributed by atoms with Crippen molar-refractivity contribution in [2.24, 2.45) is 0 Å². The predicted molar refractivity (Wildman–Crippen MR) is 112 cm³/mol. The lowest BCUT2D eigenvalue weighted by atomic mass is 10.2. The van der Waals surface area contributed by atoms with Crippen molar-refractivity contribution >= 4 is 44.8 Å². The van der Waals surface area contributed by atoms with Crippen LogP contribution in [-0.4, -0.2) is 42.6 Å². The van der Waals surface area contributed by atoms with Crippen molar-refractivity contribution in [2.75, 3.05) is 28.7 Å². The Balaban J connectivity index is 1.99. The summed E-state index contributed by atoms with van der Waals surface area (Å²) in [6, 6.07) is 8.83. The van der Waals surface area contributed by atoms with Gasteiger partial charge in [0, 0.05) is 18.5 Å². The van der Waals surface area contributed by atoms with E-state index in [2.05, 4.69) is 40.6 Å². The van der Waals surface area contributed by atoms with Crippen LogP contribution in [0.3, 0.4) is 0 Å². The Labute approximate surface area is 177 Å². The first-order chi connectivity index (χ1) is 14.7. The maximum absolute atomic E-state index is 13.4. The number of hydrogen-bond acceptors (Lipinski definition) is 9. The van der Waals surface area contributed by atoms with Gasteiger partial charge in [-0.25, -0.2) is 28.8 Å².